The summed E-state index contributed by atoms with van der Waals surface area (Å²) in [6.07, 6.45) is 1.22. The molecule has 0 aliphatic carbocycles. The van der Waals surface area contributed by atoms with Crippen LogP contribution in [0.3, 0.4) is 0 Å². The fourth-order valence-corrected chi connectivity index (χ4v) is 1.62. The van der Waals surface area contributed by atoms with Crippen LogP contribution in [0.25, 0.3) is 0 Å². The summed E-state index contributed by atoms with van der Waals surface area (Å²) in [6.45, 7) is 0. The quantitative estimate of drug-likeness (QED) is 0.685. The lowest BCUT2D eigenvalue weighted by Gasteiger charge is -2.03. The summed E-state index contributed by atoms with van der Waals surface area (Å²) < 4.78 is 14.1. The summed E-state index contributed by atoms with van der Waals surface area (Å²) in [5.41, 5.74) is -0.0978. The second-order valence-electron chi connectivity index (χ2n) is 2.91. The maximum Gasteiger partial charge on any atom is 0.217 e. The van der Waals surface area contributed by atoms with E-state index >= 15 is 0 Å². The highest BCUT2D eigenvalue weighted by Crippen LogP contribution is 2.28. The number of ketones is 1. The molecule has 0 atom stereocenters. The van der Waals surface area contributed by atoms with Crippen molar-refractivity contribution >= 4 is 33.3 Å². The number of hydrogen-bond acceptors (Lipinski definition) is 3. The van der Waals surface area contributed by atoms with Crippen molar-refractivity contribution < 1.29 is 9.18 Å². The van der Waals surface area contributed by atoms with Gasteiger partial charge in [0, 0.05) is 4.47 Å². The summed E-state index contributed by atoms with van der Waals surface area (Å²) in [6, 6.07) is 2.83. The van der Waals surface area contributed by atoms with Crippen molar-refractivity contribution in [1.82, 2.24) is 15.4 Å². The first-order valence-electron chi connectivity index (χ1n) is 4.15. The van der Waals surface area contributed by atoms with Crippen molar-refractivity contribution in [3.05, 3.63) is 44.9 Å². The number of aromatic nitrogens is 3. The number of H-pyrrole nitrogens is 1. The molecule has 1 N–H and O–H groups in total. The lowest BCUT2D eigenvalue weighted by atomic mass is 10.1. The van der Waals surface area contributed by atoms with E-state index < -0.39 is 11.6 Å². The second-order valence-corrected chi connectivity index (χ2v) is 4.14. The van der Waals surface area contributed by atoms with Gasteiger partial charge in [0.2, 0.25) is 5.78 Å². The van der Waals surface area contributed by atoms with Gasteiger partial charge in [0.05, 0.1) is 16.8 Å². The SMILES string of the molecule is O=C(c1cn[nH]n1)c1ccc(Br)c(Cl)c1F. The summed E-state index contributed by atoms with van der Waals surface area (Å²) >= 11 is 8.73. The highest BCUT2D eigenvalue weighted by Gasteiger charge is 2.19. The van der Waals surface area contributed by atoms with Crippen LogP contribution in [0.2, 0.25) is 5.02 Å². The van der Waals surface area contributed by atoms with Gasteiger partial charge in [0.15, 0.2) is 11.5 Å². The largest absolute Gasteiger partial charge is 0.287 e. The molecule has 0 spiro atoms. The predicted octanol–water partition coefficient (Wildman–Crippen LogP) is 2.59. The van der Waals surface area contributed by atoms with Crippen LogP contribution < -0.4 is 0 Å². The van der Waals surface area contributed by atoms with Crippen molar-refractivity contribution in [3.63, 3.8) is 0 Å². The molecule has 2 aromatic rings. The fourth-order valence-electron chi connectivity index (χ4n) is 1.15. The molecule has 16 heavy (non-hydrogen) atoms. The van der Waals surface area contributed by atoms with E-state index in [1.807, 2.05) is 0 Å². The number of hydrogen-bond donors (Lipinski definition) is 1. The van der Waals surface area contributed by atoms with E-state index in [4.69, 9.17) is 11.6 Å². The van der Waals surface area contributed by atoms with E-state index in [0.29, 0.717) is 4.47 Å². The lowest BCUT2D eigenvalue weighted by Crippen LogP contribution is -2.05. The van der Waals surface area contributed by atoms with E-state index in [-0.39, 0.29) is 16.3 Å². The molecule has 0 saturated heterocycles. The maximum absolute atomic E-state index is 13.7. The molecule has 0 saturated carbocycles. The highest BCUT2D eigenvalue weighted by atomic mass is 79.9. The number of carbonyl (C=O) groups is 1. The molecule has 2 rings (SSSR count). The summed E-state index contributed by atoms with van der Waals surface area (Å²) in [5.74, 6) is -1.34. The van der Waals surface area contributed by atoms with Gasteiger partial charge in [-0.2, -0.15) is 15.4 Å². The molecule has 0 fully saturated rings. The minimum atomic E-state index is -0.774. The Labute approximate surface area is 103 Å². The first kappa shape index (κ1) is 11.2. The molecule has 1 heterocycles. The Morgan fingerprint density at radius 3 is 2.88 bits per heavy atom. The number of benzene rings is 1. The van der Waals surface area contributed by atoms with Crippen molar-refractivity contribution in [1.29, 1.82) is 0 Å². The molecule has 4 nitrogen and oxygen atoms in total. The Kier molecular flexibility index (Phi) is 3.02. The third kappa shape index (κ3) is 1.85. The first-order chi connectivity index (χ1) is 7.61. The van der Waals surface area contributed by atoms with Gasteiger partial charge in [-0.3, -0.25) is 4.79 Å². The topological polar surface area (TPSA) is 58.6 Å². The molecule has 0 bridgehead atoms. The molecule has 0 aliphatic heterocycles. The van der Waals surface area contributed by atoms with Gasteiger partial charge >= 0.3 is 0 Å². The number of nitrogens with one attached hydrogen (secondary N) is 1. The zero-order valence-electron chi connectivity index (χ0n) is 7.67. The molecular formula is C9H4BrClFN3O. The molecule has 1 aromatic carbocycles. The highest BCUT2D eigenvalue weighted by molar-refractivity contribution is 9.10. The Morgan fingerprint density at radius 2 is 2.25 bits per heavy atom. The zero-order valence-corrected chi connectivity index (χ0v) is 10.0. The smallest absolute Gasteiger partial charge is 0.217 e. The molecular weight excluding hydrogens is 300 g/mol. The molecule has 0 radical (unpaired) electrons. The Hall–Kier alpha value is -1.27. The van der Waals surface area contributed by atoms with Crippen molar-refractivity contribution in [2.24, 2.45) is 0 Å². The number of aromatic amines is 1. The molecule has 82 valence electrons. The predicted molar refractivity (Wildman–Crippen MR) is 58.9 cm³/mol. The zero-order chi connectivity index (χ0) is 11.7. The average molecular weight is 305 g/mol. The Balaban J connectivity index is 2.50. The summed E-state index contributed by atoms with van der Waals surface area (Å²) in [5, 5.41) is 9.21. The number of halogens is 3. The van der Waals surface area contributed by atoms with Crippen molar-refractivity contribution in [2.75, 3.05) is 0 Å². The van der Waals surface area contributed by atoms with E-state index in [2.05, 4.69) is 31.3 Å². The van der Waals surface area contributed by atoms with Gasteiger partial charge in [0.25, 0.3) is 0 Å². The van der Waals surface area contributed by atoms with E-state index in [0.717, 1.165) is 0 Å². The fraction of sp³-hybridized carbons (Fsp3) is 0. The van der Waals surface area contributed by atoms with Crippen LogP contribution in [0.5, 0.6) is 0 Å². The number of rotatable bonds is 2. The van der Waals surface area contributed by atoms with Gasteiger partial charge in [-0.25, -0.2) is 4.39 Å². The monoisotopic (exact) mass is 303 g/mol. The molecule has 0 aliphatic rings. The minimum absolute atomic E-state index is 0.0392. The van der Waals surface area contributed by atoms with E-state index in [9.17, 15) is 9.18 Å². The van der Waals surface area contributed by atoms with E-state index in [1.165, 1.54) is 18.3 Å². The first-order valence-corrected chi connectivity index (χ1v) is 5.32. The van der Waals surface area contributed by atoms with Crippen LogP contribution in [-0.4, -0.2) is 21.2 Å². The Bertz CT molecular complexity index is 544. The van der Waals surface area contributed by atoms with Crippen LogP contribution >= 0.6 is 27.5 Å². The summed E-state index contributed by atoms with van der Waals surface area (Å²) in [7, 11) is 0. The van der Waals surface area contributed by atoms with Crippen LogP contribution in [0, 0.1) is 5.82 Å². The van der Waals surface area contributed by atoms with Gasteiger partial charge in [0.1, 0.15) is 0 Å². The normalized spacial score (nSPS) is 10.4. The molecule has 0 unspecified atom stereocenters. The van der Waals surface area contributed by atoms with Gasteiger partial charge < -0.3 is 0 Å². The van der Waals surface area contributed by atoms with Gasteiger partial charge in [-0.1, -0.05) is 11.6 Å². The summed E-state index contributed by atoms with van der Waals surface area (Å²) in [4.78, 5) is 11.8. The molecule has 1 aromatic heterocycles. The lowest BCUT2D eigenvalue weighted by molar-refractivity contribution is 0.103. The van der Waals surface area contributed by atoms with Crippen LogP contribution in [0.15, 0.2) is 22.8 Å². The molecule has 7 heteroatoms. The van der Waals surface area contributed by atoms with Gasteiger partial charge in [-0.05, 0) is 28.1 Å². The minimum Gasteiger partial charge on any atom is -0.287 e. The van der Waals surface area contributed by atoms with Crippen molar-refractivity contribution in [2.45, 2.75) is 0 Å². The van der Waals surface area contributed by atoms with Gasteiger partial charge in [-0.15, -0.1) is 0 Å². The number of nitrogens with zero attached hydrogens (tertiary/aromatic N) is 2. The van der Waals surface area contributed by atoms with Crippen molar-refractivity contribution in [3.8, 4) is 0 Å². The Morgan fingerprint density at radius 1 is 1.50 bits per heavy atom. The maximum atomic E-state index is 13.7. The number of carbonyl (C=O) groups excluding carboxylic acids is 1. The van der Waals surface area contributed by atoms with E-state index in [1.54, 1.807) is 0 Å². The molecule has 0 amide bonds. The second kappa shape index (κ2) is 4.31. The standard InChI is InChI=1S/C9H4BrClFN3O/c10-5-2-1-4(8(12)7(5)11)9(16)6-3-13-15-14-6/h1-3H,(H,13,14,15). The van der Waals surface area contributed by atoms with Crippen LogP contribution in [-0.2, 0) is 0 Å². The average Bonchev–Trinajstić information content (AvgIpc) is 2.79. The van der Waals surface area contributed by atoms with Crippen LogP contribution in [0.1, 0.15) is 16.1 Å². The van der Waals surface area contributed by atoms with Crippen LogP contribution in [0.4, 0.5) is 4.39 Å². The third-order valence-electron chi connectivity index (χ3n) is 1.93. The third-order valence-corrected chi connectivity index (χ3v) is 3.19.